The van der Waals surface area contributed by atoms with Gasteiger partial charge in [-0.1, -0.05) is 0 Å². The van der Waals surface area contributed by atoms with Crippen molar-refractivity contribution in [3.8, 4) is 0 Å². The zero-order valence-electron chi connectivity index (χ0n) is 10.4. The van der Waals surface area contributed by atoms with Gasteiger partial charge in [-0.25, -0.2) is 0 Å². The zero-order valence-corrected chi connectivity index (χ0v) is 15.0. The first-order valence-electron chi connectivity index (χ1n) is 5.75. The van der Waals surface area contributed by atoms with Crippen molar-refractivity contribution in [2.45, 2.75) is 25.1 Å². The molecule has 1 nitrogen and oxygen atoms in total. The van der Waals surface area contributed by atoms with Crippen molar-refractivity contribution in [2.75, 3.05) is 23.5 Å². The van der Waals surface area contributed by atoms with Crippen LogP contribution in [0.25, 0.3) is 0 Å². The van der Waals surface area contributed by atoms with Crippen LogP contribution in [-0.4, -0.2) is 28.9 Å². The predicted octanol–water partition coefficient (Wildman–Crippen LogP) is 4.71. The van der Waals surface area contributed by atoms with Gasteiger partial charge in [0.15, 0.2) is 0 Å². The van der Waals surface area contributed by atoms with Crippen molar-refractivity contribution >= 4 is 57.9 Å². The molecule has 5 heteroatoms. The number of hydrogen-bond donors (Lipinski definition) is 1. The van der Waals surface area contributed by atoms with Crippen LogP contribution in [0.15, 0.2) is 20.8 Å². The van der Waals surface area contributed by atoms with Crippen molar-refractivity contribution in [2.24, 2.45) is 0 Å². The molecule has 1 N–H and O–H groups in total. The van der Waals surface area contributed by atoms with E-state index in [0.29, 0.717) is 5.37 Å². The molecule has 0 fully saturated rings. The van der Waals surface area contributed by atoms with Gasteiger partial charge in [0.05, 0.1) is 5.37 Å². The van der Waals surface area contributed by atoms with E-state index in [2.05, 4.69) is 64.3 Å². The average molecular weight is 401 g/mol. The number of halogens is 1. The Hall–Kier alpha value is 1.06. The molecule has 1 heterocycles. The van der Waals surface area contributed by atoms with E-state index >= 15 is 0 Å². The molecule has 0 saturated heterocycles. The van der Waals surface area contributed by atoms with Crippen LogP contribution in [0.5, 0.6) is 0 Å². The number of hydrogen-bond acceptors (Lipinski definition) is 4. The van der Waals surface area contributed by atoms with Crippen LogP contribution in [0.2, 0.25) is 0 Å². The van der Waals surface area contributed by atoms with Crippen molar-refractivity contribution in [1.82, 2.24) is 5.32 Å². The summed E-state index contributed by atoms with van der Waals surface area (Å²) in [7, 11) is 0. The summed E-state index contributed by atoms with van der Waals surface area (Å²) in [6, 6.07) is 0. The summed E-state index contributed by atoms with van der Waals surface area (Å²) in [4.78, 5) is 0. The number of thioether (sulfide) groups is 3. The van der Waals surface area contributed by atoms with Gasteiger partial charge in [0.25, 0.3) is 0 Å². The summed E-state index contributed by atoms with van der Waals surface area (Å²) in [6.07, 6.45) is 6.96. The lowest BCUT2D eigenvalue weighted by atomic mass is 10.4. The lowest BCUT2D eigenvalue weighted by Crippen LogP contribution is -2.25. The Labute approximate surface area is 132 Å². The highest BCUT2D eigenvalue weighted by Gasteiger charge is 2.09. The first kappa shape index (κ1) is 16.1. The predicted molar refractivity (Wildman–Crippen MR) is 95.3 cm³/mol. The van der Waals surface area contributed by atoms with Gasteiger partial charge in [-0.15, -0.1) is 23.5 Å². The number of nitrogens with one attached hydrogen (secondary N) is 1. The fourth-order valence-electron chi connectivity index (χ4n) is 1.46. The van der Waals surface area contributed by atoms with Crippen LogP contribution in [0.3, 0.4) is 0 Å². The molecule has 17 heavy (non-hydrogen) atoms. The minimum atomic E-state index is 0.575. The van der Waals surface area contributed by atoms with E-state index in [1.807, 2.05) is 23.5 Å². The third-order valence-electron chi connectivity index (χ3n) is 2.25. The minimum Gasteiger partial charge on any atom is -0.377 e. The molecule has 1 rings (SSSR count). The van der Waals surface area contributed by atoms with Crippen molar-refractivity contribution in [1.29, 1.82) is 0 Å². The third-order valence-corrected chi connectivity index (χ3v) is 6.16. The van der Waals surface area contributed by atoms with Gasteiger partial charge >= 0.3 is 0 Å². The monoisotopic (exact) mass is 401 g/mol. The van der Waals surface area contributed by atoms with E-state index in [0.717, 1.165) is 0 Å². The average Bonchev–Trinajstić information content (AvgIpc) is 2.32. The van der Waals surface area contributed by atoms with E-state index in [1.54, 1.807) is 0 Å². The summed E-state index contributed by atoms with van der Waals surface area (Å²) in [5, 5.41) is 6.47. The van der Waals surface area contributed by atoms with Crippen LogP contribution in [0.1, 0.15) is 19.8 Å². The summed E-state index contributed by atoms with van der Waals surface area (Å²) >= 11 is 8.34. The maximum Gasteiger partial charge on any atom is 0.0727 e. The minimum absolute atomic E-state index is 0.575. The van der Waals surface area contributed by atoms with E-state index in [4.69, 9.17) is 0 Å². The first-order chi connectivity index (χ1) is 8.22. The first-order valence-corrected chi connectivity index (χ1v) is 10.3. The largest absolute Gasteiger partial charge is 0.377 e. The highest BCUT2D eigenvalue weighted by molar-refractivity contribution is 14.1. The van der Waals surface area contributed by atoms with E-state index in [1.165, 1.54) is 39.4 Å². The van der Waals surface area contributed by atoms with Crippen LogP contribution in [-0.2, 0) is 0 Å². The molecular formula is C12H20INS3. The summed E-state index contributed by atoms with van der Waals surface area (Å²) in [5.41, 5.74) is 1.28. The van der Waals surface area contributed by atoms with Gasteiger partial charge < -0.3 is 5.32 Å². The van der Waals surface area contributed by atoms with Gasteiger partial charge in [0.1, 0.15) is 0 Å². The van der Waals surface area contributed by atoms with Gasteiger partial charge in [-0.3, -0.25) is 0 Å². The Kier molecular flexibility index (Phi) is 9.40. The molecular weight excluding hydrogens is 381 g/mol. The summed E-state index contributed by atoms with van der Waals surface area (Å²) in [6.45, 7) is 2.17. The fraction of sp³-hybridized carbons (Fsp3) is 0.667. The fourth-order valence-corrected chi connectivity index (χ4v) is 5.08. The molecule has 0 radical (unpaired) electrons. The molecule has 0 aliphatic carbocycles. The molecule has 1 aliphatic heterocycles. The van der Waals surface area contributed by atoms with Crippen LogP contribution < -0.4 is 5.32 Å². The standard InChI is InChI=1S/C12H20INS3/c1-10-8-11(13)9-16-5-3-6-17-12(14-10)4-7-15-2/h8-9,12,14H,3-7H2,1-2H3/b10-8-,11-9-. The highest BCUT2D eigenvalue weighted by Crippen LogP contribution is 2.22. The molecule has 0 aromatic rings. The Morgan fingerprint density at radius 3 is 3.12 bits per heavy atom. The van der Waals surface area contributed by atoms with Gasteiger partial charge in [0.2, 0.25) is 0 Å². The molecule has 1 aliphatic rings. The van der Waals surface area contributed by atoms with Gasteiger partial charge in [-0.05, 0) is 77.4 Å². The van der Waals surface area contributed by atoms with Crippen molar-refractivity contribution in [3.05, 3.63) is 20.8 Å². The number of rotatable bonds is 3. The summed E-state index contributed by atoms with van der Waals surface area (Å²) < 4.78 is 1.33. The topological polar surface area (TPSA) is 12.0 Å². The van der Waals surface area contributed by atoms with Gasteiger partial charge in [0, 0.05) is 9.28 Å². The molecule has 0 aromatic heterocycles. The maximum absolute atomic E-state index is 3.64. The molecule has 1 unspecified atom stereocenters. The number of allylic oxidation sites excluding steroid dienone is 3. The highest BCUT2D eigenvalue weighted by atomic mass is 127. The van der Waals surface area contributed by atoms with E-state index in [-0.39, 0.29) is 0 Å². The molecule has 0 spiro atoms. The smallest absolute Gasteiger partial charge is 0.0727 e. The van der Waals surface area contributed by atoms with Crippen LogP contribution in [0.4, 0.5) is 0 Å². The molecule has 98 valence electrons. The zero-order chi connectivity index (χ0) is 12.5. The quantitative estimate of drug-likeness (QED) is 0.688. The van der Waals surface area contributed by atoms with Gasteiger partial charge in [-0.2, -0.15) is 11.8 Å². The summed E-state index contributed by atoms with van der Waals surface area (Å²) in [5.74, 6) is 3.73. The van der Waals surface area contributed by atoms with E-state index < -0.39 is 0 Å². The van der Waals surface area contributed by atoms with Crippen LogP contribution >= 0.6 is 57.9 Å². The Bertz CT molecular complexity index is 279. The molecule has 0 amide bonds. The second kappa shape index (κ2) is 9.92. The van der Waals surface area contributed by atoms with Crippen molar-refractivity contribution < 1.29 is 0 Å². The second-order valence-corrected chi connectivity index (χ2v) is 8.36. The molecule has 0 aromatic carbocycles. The normalized spacial score (nSPS) is 29.2. The third kappa shape index (κ3) is 7.95. The van der Waals surface area contributed by atoms with Crippen molar-refractivity contribution in [3.63, 3.8) is 0 Å². The lowest BCUT2D eigenvalue weighted by Gasteiger charge is -2.19. The molecule has 1 atom stereocenters. The Morgan fingerprint density at radius 1 is 1.53 bits per heavy atom. The molecule has 0 bridgehead atoms. The van der Waals surface area contributed by atoms with Crippen LogP contribution in [0, 0.1) is 0 Å². The Morgan fingerprint density at radius 2 is 2.35 bits per heavy atom. The lowest BCUT2D eigenvalue weighted by molar-refractivity contribution is 0.722. The molecule has 0 saturated carbocycles. The second-order valence-electron chi connectivity index (χ2n) is 3.84. The van der Waals surface area contributed by atoms with E-state index in [9.17, 15) is 0 Å². The maximum atomic E-state index is 3.64. The SMILES string of the molecule is CSCCC1N/C(C)=C\C(I)=C\SCCCS1. The Balaban J connectivity index is 2.58.